The van der Waals surface area contributed by atoms with Crippen LogP contribution in [0, 0.1) is 0 Å². The molecule has 0 fully saturated rings. The van der Waals surface area contributed by atoms with E-state index >= 15 is 0 Å². The Morgan fingerprint density at radius 3 is 1.86 bits per heavy atom. The van der Waals surface area contributed by atoms with Crippen LogP contribution in [-0.2, 0) is 21.5 Å². The first kappa shape index (κ1) is 31.2. The van der Waals surface area contributed by atoms with Crippen LogP contribution in [0.15, 0.2) is 109 Å². The Hall–Kier alpha value is -4.72. The maximum Gasteiger partial charge on any atom is 0.414 e. The zero-order chi connectivity index (χ0) is 30.7. The number of aromatic nitrogens is 2. The highest BCUT2D eigenvalue weighted by atomic mass is 16.6. The molecular formula is C35H41N5O3. The third-order valence-electron chi connectivity index (χ3n) is 6.81. The topological polar surface area (TPSA) is 97.6 Å². The minimum absolute atomic E-state index is 0.0921. The second kappa shape index (κ2) is 14.4. The van der Waals surface area contributed by atoms with Crippen LogP contribution in [0.5, 0.6) is 0 Å². The molecule has 0 atom stereocenters. The van der Waals surface area contributed by atoms with E-state index in [9.17, 15) is 9.59 Å². The van der Waals surface area contributed by atoms with Gasteiger partial charge in [0.1, 0.15) is 11.1 Å². The summed E-state index contributed by atoms with van der Waals surface area (Å²) in [4.78, 5) is 33.8. The number of hydrogen-bond donors (Lipinski definition) is 2. The van der Waals surface area contributed by atoms with Gasteiger partial charge in [-0.3, -0.25) is 20.4 Å². The summed E-state index contributed by atoms with van der Waals surface area (Å²) in [6, 6.07) is 31.4. The Morgan fingerprint density at radius 2 is 1.37 bits per heavy atom. The van der Waals surface area contributed by atoms with Crippen molar-refractivity contribution in [3.05, 3.63) is 126 Å². The summed E-state index contributed by atoms with van der Waals surface area (Å²) < 4.78 is 7.52. The lowest BCUT2D eigenvalue weighted by molar-refractivity contribution is -0.119. The van der Waals surface area contributed by atoms with Crippen LogP contribution in [0.25, 0.3) is 0 Å². The van der Waals surface area contributed by atoms with E-state index < -0.39 is 17.2 Å². The molecule has 0 bridgehead atoms. The highest BCUT2D eigenvalue weighted by Crippen LogP contribution is 2.40. The summed E-state index contributed by atoms with van der Waals surface area (Å²) in [6.07, 6.45) is 5.66. The van der Waals surface area contributed by atoms with Crippen molar-refractivity contribution < 1.29 is 14.3 Å². The number of alkyl carbamates (subject to hydrolysis) is 1. The van der Waals surface area contributed by atoms with E-state index in [1.807, 2.05) is 31.5 Å². The lowest BCUT2D eigenvalue weighted by Crippen LogP contribution is -2.45. The van der Waals surface area contributed by atoms with Gasteiger partial charge in [0.2, 0.25) is 11.9 Å². The number of carbonyl (C=O) groups is 2. The predicted octanol–water partition coefficient (Wildman–Crippen LogP) is 6.45. The summed E-state index contributed by atoms with van der Waals surface area (Å²) in [5.41, 5.74) is 3.00. The normalized spacial score (nSPS) is 12.0. The SMILES string of the molecule is CCCC(=O)NC(=NCCCc1cn(C(c2ccccc2)(c2ccccc2)c2ccccc2)cn1)NC(=O)OC(C)(C)C. The number of nitrogens with zero attached hydrogens (tertiary/aromatic N) is 3. The van der Waals surface area contributed by atoms with Gasteiger partial charge in [0.15, 0.2) is 0 Å². The first-order valence-electron chi connectivity index (χ1n) is 14.8. The number of guanidine groups is 1. The van der Waals surface area contributed by atoms with Gasteiger partial charge in [-0.1, -0.05) is 97.9 Å². The number of carbonyl (C=O) groups excluding carboxylic acids is 2. The van der Waals surface area contributed by atoms with Gasteiger partial charge in [-0.15, -0.1) is 0 Å². The molecule has 8 heteroatoms. The van der Waals surface area contributed by atoms with Crippen molar-refractivity contribution in [1.29, 1.82) is 0 Å². The summed E-state index contributed by atoms with van der Waals surface area (Å²) in [7, 11) is 0. The summed E-state index contributed by atoms with van der Waals surface area (Å²) in [5, 5.41) is 5.27. The average molecular weight is 580 g/mol. The van der Waals surface area contributed by atoms with E-state index in [2.05, 4.69) is 99.2 Å². The Labute approximate surface area is 254 Å². The van der Waals surface area contributed by atoms with E-state index in [0.29, 0.717) is 32.2 Å². The number of aliphatic imine (C=N–C) groups is 1. The fourth-order valence-corrected chi connectivity index (χ4v) is 5.04. The van der Waals surface area contributed by atoms with Crippen LogP contribution in [-0.4, -0.2) is 39.7 Å². The van der Waals surface area contributed by atoms with Crippen LogP contribution in [0.3, 0.4) is 0 Å². The second-order valence-electron chi connectivity index (χ2n) is 11.3. The number of imidazole rings is 1. The standard InChI is InChI=1S/C35H41N5O3/c1-5-16-31(41)38-32(39-33(42)43-34(2,3)4)36-24-15-23-30-25-40(26-37-30)35(27-17-9-6-10-18-27,28-19-11-7-12-20-28)29-21-13-8-14-22-29/h6-14,17-22,25-26H,5,15-16,23-24H2,1-4H3,(H2,36,38,39,41,42). The Bertz CT molecular complexity index is 1400. The van der Waals surface area contributed by atoms with E-state index in [1.165, 1.54) is 0 Å². The van der Waals surface area contributed by atoms with Gasteiger partial charge >= 0.3 is 6.09 Å². The maximum atomic E-state index is 12.3. The molecule has 0 radical (unpaired) electrons. The molecule has 43 heavy (non-hydrogen) atoms. The molecule has 1 heterocycles. The van der Waals surface area contributed by atoms with Crippen molar-refractivity contribution in [2.24, 2.45) is 4.99 Å². The van der Waals surface area contributed by atoms with E-state index in [4.69, 9.17) is 9.72 Å². The number of amides is 2. The first-order valence-corrected chi connectivity index (χ1v) is 14.8. The van der Waals surface area contributed by atoms with Crippen LogP contribution < -0.4 is 10.6 Å². The number of hydrogen-bond acceptors (Lipinski definition) is 5. The van der Waals surface area contributed by atoms with Gasteiger partial charge in [-0.25, -0.2) is 9.78 Å². The zero-order valence-electron chi connectivity index (χ0n) is 25.4. The van der Waals surface area contributed by atoms with Crippen LogP contribution in [0.4, 0.5) is 4.79 Å². The molecule has 0 aliphatic carbocycles. The lowest BCUT2D eigenvalue weighted by Gasteiger charge is -2.37. The number of ether oxygens (including phenoxy) is 1. The molecule has 224 valence electrons. The van der Waals surface area contributed by atoms with Crippen LogP contribution >= 0.6 is 0 Å². The quantitative estimate of drug-likeness (QED) is 0.0976. The summed E-state index contributed by atoms with van der Waals surface area (Å²) >= 11 is 0. The molecule has 2 amide bonds. The number of nitrogens with one attached hydrogen (secondary N) is 2. The van der Waals surface area contributed by atoms with Gasteiger partial charge < -0.3 is 9.30 Å². The van der Waals surface area contributed by atoms with Crippen LogP contribution in [0.2, 0.25) is 0 Å². The Morgan fingerprint density at radius 1 is 0.837 bits per heavy atom. The predicted molar refractivity (Wildman–Crippen MR) is 170 cm³/mol. The number of rotatable bonds is 10. The fourth-order valence-electron chi connectivity index (χ4n) is 5.04. The summed E-state index contributed by atoms with van der Waals surface area (Å²) in [6.45, 7) is 7.63. The highest BCUT2D eigenvalue weighted by molar-refractivity contribution is 6.03. The monoisotopic (exact) mass is 579 g/mol. The second-order valence-corrected chi connectivity index (χ2v) is 11.3. The van der Waals surface area contributed by atoms with Gasteiger partial charge in [0.05, 0.1) is 12.0 Å². The van der Waals surface area contributed by atoms with Crippen molar-refractivity contribution in [2.75, 3.05) is 6.54 Å². The summed E-state index contributed by atoms with van der Waals surface area (Å²) in [5.74, 6) is -0.121. The van der Waals surface area contributed by atoms with Gasteiger partial charge in [0.25, 0.3) is 0 Å². The third kappa shape index (κ3) is 8.19. The lowest BCUT2D eigenvalue weighted by atomic mass is 9.77. The molecule has 0 unspecified atom stereocenters. The molecular weight excluding hydrogens is 538 g/mol. The van der Waals surface area contributed by atoms with Gasteiger partial charge in [0, 0.05) is 19.2 Å². The minimum Gasteiger partial charge on any atom is -0.444 e. The fraction of sp³-hybridized carbons (Fsp3) is 0.314. The highest BCUT2D eigenvalue weighted by Gasteiger charge is 2.38. The molecule has 0 aliphatic rings. The van der Waals surface area contributed by atoms with Gasteiger partial charge in [-0.2, -0.15) is 0 Å². The van der Waals surface area contributed by atoms with Crippen LogP contribution in [0.1, 0.15) is 69.3 Å². The van der Waals surface area contributed by atoms with Crippen molar-refractivity contribution in [1.82, 2.24) is 20.2 Å². The molecule has 0 aliphatic heterocycles. The average Bonchev–Trinajstić information content (AvgIpc) is 3.45. The molecule has 2 N–H and O–H groups in total. The van der Waals surface area contributed by atoms with E-state index in [0.717, 1.165) is 22.4 Å². The molecule has 0 saturated heterocycles. The zero-order valence-corrected chi connectivity index (χ0v) is 25.4. The Balaban J connectivity index is 1.58. The molecule has 4 rings (SSSR count). The molecule has 1 aromatic heterocycles. The third-order valence-corrected chi connectivity index (χ3v) is 6.81. The maximum absolute atomic E-state index is 12.3. The first-order chi connectivity index (χ1) is 20.7. The van der Waals surface area contributed by atoms with Gasteiger partial charge in [-0.05, 0) is 56.7 Å². The Kier molecular flexibility index (Phi) is 10.5. The number of benzene rings is 3. The van der Waals surface area contributed by atoms with Crippen molar-refractivity contribution >= 4 is 18.0 Å². The molecule has 0 saturated carbocycles. The minimum atomic E-state index is -0.671. The molecule has 8 nitrogen and oxygen atoms in total. The molecule has 3 aromatic carbocycles. The molecule has 0 spiro atoms. The molecule has 4 aromatic rings. The van der Waals surface area contributed by atoms with E-state index in [-0.39, 0.29) is 11.9 Å². The van der Waals surface area contributed by atoms with Crippen molar-refractivity contribution in [3.8, 4) is 0 Å². The van der Waals surface area contributed by atoms with Crippen molar-refractivity contribution in [3.63, 3.8) is 0 Å². The largest absolute Gasteiger partial charge is 0.444 e. The van der Waals surface area contributed by atoms with Crippen molar-refractivity contribution in [2.45, 2.75) is 64.5 Å². The van der Waals surface area contributed by atoms with E-state index in [1.54, 1.807) is 20.8 Å². The number of aryl methyl sites for hydroxylation is 1. The smallest absolute Gasteiger partial charge is 0.414 e.